The summed E-state index contributed by atoms with van der Waals surface area (Å²) in [5, 5.41) is 3.40. The molecule has 4 N–H and O–H groups in total. The van der Waals surface area contributed by atoms with Crippen LogP contribution in [0, 0.1) is 0 Å². The molecule has 1 aromatic heterocycles. The summed E-state index contributed by atoms with van der Waals surface area (Å²) in [4.78, 5) is 10.9. The van der Waals surface area contributed by atoms with Crippen molar-refractivity contribution in [2.45, 2.75) is 40.0 Å². The van der Waals surface area contributed by atoms with E-state index >= 15 is 0 Å². The molecule has 6 nitrogen and oxygen atoms in total. The van der Waals surface area contributed by atoms with E-state index in [1.807, 2.05) is 0 Å². The minimum absolute atomic E-state index is 0.716. The molecule has 0 saturated heterocycles. The zero-order valence-corrected chi connectivity index (χ0v) is 12.9. The molecule has 0 amide bonds. The summed E-state index contributed by atoms with van der Waals surface area (Å²) in [6.07, 6.45) is 4.60. The van der Waals surface area contributed by atoms with Crippen molar-refractivity contribution in [3.05, 3.63) is 11.9 Å². The Labute approximate surface area is 122 Å². The Bertz CT molecular complexity index is 378. The van der Waals surface area contributed by atoms with Crippen LogP contribution in [0.15, 0.2) is 6.33 Å². The number of anilines is 2. The number of hydrogen-bond donors (Lipinski definition) is 3. The van der Waals surface area contributed by atoms with Gasteiger partial charge in [0, 0.05) is 12.1 Å². The van der Waals surface area contributed by atoms with Crippen LogP contribution in [0.1, 0.15) is 39.2 Å². The van der Waals surface area contributed by atoms with E-state index in [2.05, 4.69) is 46.4 Å². The standard InChI is InChI=1S/C14H28N6/c1-4-8-12-13(17-11-18-14(12)19-15)16-9-7-10-20(5-2)6-3/h11H,4-10,15H2,1-3H3,(H2,16,17,18,19). The van der Waals surface area contributed by atoms with Gasteiger partial charge in [0.15, 0.2) is 0 Å². The van der Waals surface area contributed by atoms with Crippen LogP contribution in [0.2, 0.25) is 0 Å². The topological polar surface area (TPSA) is 79.1 Å². The lowest BCUT2D eigenvalue weighted by atomic mass is 10.1. The van der Waals surface area contributed by atoms with Gasteiger partial charge in [-0.3, -0.25) is 0 Å². The molecule has 1 heterocycles. The van der Waals surface area contributed by atoms with Crippen LogP contribution in [0.3, 0.4) is 0 Å². The predicted molar refractivity (Wildman–Crippen MR) is 84.7 cm³/mol. The third-order valence-electron chi connectivity index (χ3n) is 3.42. The zero-order chi connectivity index (χ0) is 14.8. The Kier molecular flexibility index (Phi) is 7.91. The molecule has 6 heteroatoms. The van der Waals surface area contributed by atoms with Crippen molar-refractivity contribution >= 4 is 11.6 Å². The quantitative estimate of drug-likeness (QED) is 0.345. The van der Waals surface area contributed by atoms with Crippen LogP contribution in [-0.2, 0) is 6.42 Å². The molecular weight excluding hydrogens is 252 g/mol. The Morgan fingerprint density at radius 2 is 1.85 bits per heavy atom. The van der Waals surface area contributed by atoms with Gasteiger partial charge in [0.25, 0.3) is 0 Å². The molecule has 0 aliphatic heterocycles. The highest BCUT2D eigenvalue weighted by Gasteiger charge is 2.09. The fourth-order valence-electron chi connectivity index (χ4n) is 2.23. The van der Waals surface area contributed by atoms with Gasteiger partial charge >= 0.3 is 0 Å². The van der Waals surface area contributed by atoms with Gasteiger partial charge in [-0.1, -0.05) is 27.2 Å². The van der Waals surface area contributed by atoms with Crippen LogP contribution in [-0.4, -0.2) is 41.0 Å². The summed E-state index contributed by atoms with van der Waals surface area (Å²) in [6.45, 7) is 10.8. The van der Waals surface area contributed by atoms with Crippen molar-refractivity contribution in [1.82, 2.24) is 14.9 Å². The monoisotopic (exact) mass is 280 g/mol. The molecule has 0 saturated carbocycles. The van der Waals surface area contributed by atoms with Gasteiger partial charge in [0.05, 0.1) is 0 Å². The summed E-state index contributed by atoms with van der Waals surface area (Å²) in [6, 6.07) is 0. The van der Waals surface area contributed by atoms with Crippen molar-refractivity contribution in [3.8, 4) is 0 Å². The highest BCUT2D eigenvalue weighted by molar-refractivity contribution is 5.56. The summed E-state index contributed by atoms with van der Waals surface area (Å²) < 4.78 is 0. The third kappa shape index (κ3) is 4.94. The van der Waals surface area contributed by atoms with Crippen LogP contribution in [0.25, 0.3) is 0 Å². The van der Waals surface area contributed by atoms with E-state index in [1.165, 1.54) is 0 Å². The fraction of sp³-hybridized carbons (Fsp3) is 0.714. The maximum atomic E-state index is 5.51. The van der Waals surface area contributed by atoms with Crippen LogP contribution in [0.5, 0.6) is 0 Å². The predicted octanol–water partition coefficient (Wildman–Crippen LogP) is 1.86. The Hall–Kier alpha value is -1.40. The van der Waals surface area contributed by atoms with Crippen molar-refractivity contribution < 1.29 is 0 Å². The highest BCUT2D eigenvalue weighted by atomic mass is 15.3. The average molecular weight is 280 g/mol. The van der Waals surface area contributed by atoms with Crippen LogP contribution in [0.4, 0.5) is 11.6 Å². The molecule has 0 aliphatic carbocycles. The van der Waals surface area contributed by atoms with Gasteiger partial charge in [0.2, 0.25) is 0 Å². The zero-order valence-electron chi connectivity index (χ0n) is 12.9. The van der Waals surface area contributed by atoms with E-state index < -0.39 is 0 Å². The second-order valence-electron chi connectivity index (χ2n) is 4.75. The third-order valence-corrected chi connectivity index (χ3v) is 3.42. The molecule has 1 rings (SSSR count). The van der Waals surface area contributed by atoms with E-state index in [-0.39, 0.29) is 0 Å². The molecule has 0 radical (unpaired) electrons. The minimum atomic E-state index is 0.716. The smallest absolute Gasteiger partial charge is 0.148 e. The average Bonchev–Trinajstić information content (AvgIpc) is 2.49. The minimum Gasteiger partial charge on any atom is -0.370 e. The maximum Gasteiger partial charge on any atom is 0.148 e. The molecule has 0 unspecified atom stereocenters. The molecule has 0 aliphatic rings. The highest BCUT2D eigenvalue weighted by Crippen LogP contribution is 2.20. The number of hydrogen-bond acceptors (Lipinski definition) is 6. The number of aromatic nitrogens is 2. The van der Waals surface area contributed by atoms with E-state index in [0.717, 1.165) is 56.8 Å². The molecule has 114 valence electrons. The van der Waals surface area contributed by atoms with Gasteiger partial charge in [-0.05, 0) is 32.5 Å². The number of nitrogens with one attached hydrogen (secondary N) is 2. The van der Waals surface area contributed by atoms with Crippen molar-refractivity contribution in [3.63, 3.8) is 0 Å². The van der Waals surface area contributed by atoms with E-state index in [1.54, 1.807) is 6.33 Å². The lowest BCUT2D eigenvalue weighted by Gasteiger charge is -2.18. The Morgan fingerprint density at radius 3 is 2.45 bits per heavy atom. The molecule has 1 aromatic rings. The lowest BCUT2D eigenvalue weighted by Crippen LogP contribution is -2.25. The number of nitrogen functional groups attached to an aromatic ring is 1. The Balaban J connectivity index is 2.54. The number of hydrazine groups is 1. The molecule has 0 atom stereocenters. The number of nitrogens with zero attached hydrogens (tertiary/aromatic N) is 3. The molecule has 0 fully saturated rings. The lowest BCUT2D eigenvalue weighted by molar-refractivity contribution is 0.303. The van der Waals surface area contributed by atoms with Gasteiger partial charge in [0.1, 0.15) is 18.0 Å². The van der Waals surface area contributed by atoms with Crippen molar-refractivity contribution in [1.29, 1.82) is 0 Å². The van der Waals surface area contributed by atoms with E-state index in [0.29, 0.717) is 5.82 Å². The first-order chi connectivity index (χ1) is 9.76. The first-order valence-corrected chi connectivity index (χ1v) is 7.53. The summed E-state index contributed by atoms with van der Waals surface area (Å²) >= 11 is 0. The molecule has 20 heavy (non-hydrogen) atoms. The second kappa shape index (κ2) is 9.50. The van der Waals surface area contributed by atoms with Gasteiger partial charge in [-0.2, -0.15) is 0 Å². The van der Waals surface area contributed by atoms with Crippen LogP contribution >= 0.6 is 0 Å². The van der Waals surface area contributed by atoms with Crippen molar-refractivity contribution in [2.24, 2.45) is 5.84 Å². The second-order valence-corrected chi connectivity index (χ2v) is 4.75. The SMILES string of the molecule is CCCc1c(NN)ncnc1NCCCN(CC)CC. The largest absolute Gasteiger partial charge is 0.370 e. The van der Waals surface area contributed by atoms with Crippen LogP contribution < -0.4 is 16.6 Å². The van der Waals surface area contributed by atoms with E-state index in [9.17, 15) is 0 Å². The number of nitrogens with two attached hydrogens (primary N) is 1. The van der Waals surface area contributed by atoms with Crippen molar-refractivity contribution in [2.75, 3.05) is 36.9 Å². The first kappa shape index (κ1) is 16.7. The maximum absolute atomic E-state index is 5.51. The summed E-state index contributed by atoms with van der Waals surface area (Å²) in [5.41, 5.74) is 3.72. The summed E-state index contributed by atoms with van der Waals surface area (Å²) in [5.74, 6) is 7.12. The number of rotatable bonds is 10. The van der Waals surface area contributed by atoms with Gasteiger partial charge < -0.3 is 15.6 Å². The van der Waals surface area contributed by atoms with Gasteiger partial charge in [-0.15, -0.1) is 0 Å². The molecular formula is C14H28N6. The molecule has 0 spiro atoms. The normalized spacial score (nSPS) is 10.8. The molecule has 0 bridgehead atoms. The fourth-order valence-corrected chi connectivity index (χ4v) is 2.23. The Morgan fingerprint density at radius 1 is 1.15 bits per heavy atom. The summed E-state index contributed by atoms with van der Waals surface area (Å²) in [7, 11) is 0. The van der Waals surface area contributed by atoms with Gasteiger partial charge in [-0.25, -0.2) is 15.8 Å². The first-order valence-electron chi connectivity index (χ1n) is 7.53. The van der Waals surface area contributed by atoms with E-state index in [4.69, 9.17) is 5.84 Å². The molecule has 0 aromatic carbocycles.